The quantitative estimate of drug-likeness (QED) is 0.512. The van der Waals surface area contributed by atoms with Crippen LogP contribution in [0.15, 0.2) is 60.2 Å². The fourth-order valence-corrected chi connectivity index (χ4v) is 3.87. The van der Waals surface area contributed by atoms with Gasteiger partial charge in [0.25, 0.3) is 11.8 Å². The number of urea groups is 1. The highest BCUT2D eigenvalue weighted by molar-refractivity contribution is 6.39. The first kappa shape index (κ1) is 20.3. The summed E-state index contributed by atoms with van der Waals surface area (Å²) in [5, 5.41) is 2.29. The van der Waals surface area contributed by atoms with Gasteiger partial charge in [0.15, 0.2) is 0 Å². The maximum absolute atomic E-state index is 13.2. The largest absolute Gasteiger partial charge is 0.335 e. The molecule has 4 amide bonds. The summed E-state index contributed by atoms with van der Waals surface area (Å²) in [4.78, 5) is 39.2. The summed E-state index contributed by atoms with van der Waals surface area (Å²) in [7, 11) is 0. The van der Waals surface area contributed by atoms with E-state index in [1.54, 1.807) is 18.2 Å². The first-order valence-electron chi connectivity index (χ1n) is 10.0. The summed E-state index contributed by atoms with van der Waals surface area (Å²) in [6.45, 7) is 7.75. The van der Waals surface area contributed by atoms with Crippen LogP contribution >= 0.6 is 0 Å². The Bertz CT molecular complexity index is 1250. The normalized spacial score (nSPS) is 15.5. The van der Waals surface area contributed by atoms with E-state index in [1.807, 2.05) is 70.2 Å². The van der Waals surface area contributed by atoms with E-state index in [0.717, 1.165) is 33.1 Å². The monoisotopic (exact) mass is 413 g/mol. The van der Waals surface area contributed by atoms with Gasteiger partial charge in [0, 0.05) is 17.1 Å². The molecule has 4 rings (SSSR count). The van der Waals surface area contributed by atoms with Crippen LogP contribution in [0, 0.1) is 27.7 Å². The van der Waals surface area contributed by atoms with Crippen LogP contribution in [0.5, 0.6) is 0 Å². The fourth-order valence-electron chi connectivity index (χ4n) is 3.87. The lowest BCUT2D eigenvalue weighted by Gasteiger charge is -2.27. The second-order valence-electron chi connectivity index (χ2n) is 7.74. The molecule has 2 heterocycles. The van der Waals surface area contributed by atoms with Crippen LogP contribution in [0.3, 0.4) is 0 Å². The minimum absolute atomic E-state index is 0.0768. The van der Waals surface area contributed by atoms with Gasteiger partial charge in [-0.05, 0) is 69.2 Å². The number of carbonyl (C=O) groups excluding carboxylic acids is 3. The highest BCUT2D eigenvalue weighted by atomic mass is 16.2. The van der Waals surface area contributed by atoms with E-state index in [-0.39, 0.29) is 5.57 Å². The number of hydrogen-bond acceptors (Lipinski definition) is 3. The van der Waals surface area contributed by atoms with Crippen LogP contribution in [-0.4, -0.2) is 22.4 Å². The van der Waals surface area contributed by atoms with Gasteiger partial charge in [0.1, 0.15) is 5.57 Å². The van der Waals surface area contributed by atoms with Crippen molar-refractivity contribution in [3.05, 3.63) is 88.2 Å². The van der Waals surface area contributed by atoms with E-state index in [9.17, 15) is 14.4 Å². The SMILES string of the molecule is Cc1ccc(-n2c(C)cc(/C=C3\C(=O)NC(=O)N(c4ccccc4C)C3=O)c2C)cc1. The average molecular weight is 413 g/mol. The Morgan fingerprint density at radius 2 is 1.55 bits per heavy atom. The topological polar surface area (TPSA) is 71.4 Å². The number of hydrogen-bond donors (Lipinski definition) is 1. The number of imide groups is 2. The summed E-state index contributed by atoms with van der Waals surface area (Å²) in [6, 6.07) is 16.4. The Hall–Kier alpha value is -3.93. The standard InChI is InChI=1S/C25H23N3O3/c1-15-9-11-20(12-10-15)27-17(3)13-19(18(27)4)14-21-23(29)26-25(31)28(24(21)30)22-8-6-5-7-16(22)2/h5-14H,1-4H3,(H,26,29,31)/b21-14+. The van der Waals surface area contributed by atoms with Crippen molar-refractivity contribution in [1.29, 1.82) is 0 Å². The molecule has 156 valence electrons. The predicted octanol–water partition coefficient (Wildman–Crippen LogP) is 4.38. The van der Waals surface area contributed by atoms with Gasteiger partial charge < -0.3 is 4.57 Å². The third-order valence-electron chi connectivity index (χ3n) is 5.52. The zero-order valence-corrected chi connectivity index (χ0v) is 17.9. The van der Waals surface area contributed by atoms with Crippen LogP contribution in [0.1, 0.15) is 28.1 Å². The molecule has 0 atom stereocenters. The number of carbonyl (C=O) groups is 3. The number of nitrogens with zero attached hydrogens (tertiary/aromatic N) is 2. The Balaban J connectivity index is 1.77. The molecule has 0 radical (unpaired) electrons. The number of barbiturate groups is 1. The van der Waals surface area contributed by atoms with Gasteiger partial charge in [0.2, 0.25) is 0 Å². The maximum atomic E-state index is 13.2. The number of nitrogens with one attached hydrogen (secondary N) is 1. The molecule has 6 heteroatoms. The van der Waals surface area contributed by atoms with Gasteiger partial charge in [-0.1, -0.05) is 35.9 Å². The number of aromatic nitrogens is 1. The Morgan fingerprint density at radius 1 is 0.871 bits per heavy atom. The molecule has 0 bridgehead atoms. The lowest BCUT2D eigenvalue weighted by molar-refractivity contribution is -0.122. The molecular weight excluding hydrogens is 390 g/mol. The highest BCUT2D eigenvalue weighted by Gasteiger charge is 2.37. The molecule has 2 aromatic carbocycles. The molecule has 31 heavy (non-hydrogen) atoms. The van der Waals surface area contributed by atoms with Crippen molar-refractivity contribution in [1.82, 2.24) is 9.88 Å². The lowest BCUT2D eigenvalue weighted by Crippen LogP contribution is -2.54. The van der Waals surface area contributed by atoms with E-state index < -0.39 is 17.8 Å². The number of anilines is 1. The minimum Gasteiger partial charge on any atom is -0.318 e. The van der Waals surface area contributed by atoms with Crippen LogP contribution in [0.4, 0.5) is 10.5 Å². The van der Waals surface area contributed by atoms with Crippen molar-refractivity contribution in [3.63, 3.8) is 0 Å². The molecule has 0 unspecified atom stereocenters. The van der Waals surface area contributed by atoms with Crippen molar-refractivity contribution in [3.8, 4) is 5.69 Å². The zero-order chi connectivity index (χ0) is 22.3. The number of benzene rings is 2. The molecule has 1 fully saturated rings. The third kappa shape index (κ3) is 3.57. The molecule has 0 aliphatic carbocycles. The molecule has 0 spiro atoms. The van der Waals surface area contributed by atoms with Crippen molar-refractivity contribution < 1.29 is 14.4 Å². The van der Waals surface area contributed by atoms with Gasteiger partial charge in [-0.15, -0.1) is 0 Å². The van der Waals surface area contributed by atoms with E-state index >= 15 is 0 Å². The Labute approximate surface area is 180 Å². The third-order valence-corrected chi connectivity index (χ3v) is 5.52. The summed E-state index contributed by atoms with van der Waals surface area (Å²) < 4.78 is 2.07. The van der Waals surface area contributed by atoms with Crippen molar-refractivity contribution in [2.45, 2.75) is 27.7 Å². The molecule has 1 aliphatic rings. The molecule has 1 aromatic heterocycles. The summed E-state index contributed by atoms with van der Waals surface area (Å²) in [6.07, 6.45) is 1.56. The van der Waals surface area contributed by atoms with E-state index in [0.29, 0.717) is 5.69 Å². The van der Waals surface area contributed by atoms with Crippen molar-refractivity contribution in [2.75, 3.05) is 4.90 Å². The smallest absolute Gasteiger partial charge is 0.318 e. The predicted molar refractivity (Wildman–Crippen MR) is 120 cm³/mol. The highest BCUT2D eigenvalue weighted by Crippen LogP contribution is 2.27. The van der Waals surface area contributed by atoms with Crippen LogP contribution in [0.2, 0.25) is 0 Å². The van der Waals surface area contributed by atoms with Crippen LogP contribution < -0.4 is 10.2 Å². The Kier molecular flexibility index (Phi) is 5.07. The summed E-state index contributed by atoms with van der Waals surface area (Å²) >= 11 is 0. The molecule has 6 nitrogen and oxygen atoms in total. The van der Waals surface area contributed by atoms with E-state index in [4.69, 9.17) is 0 Å². The molecule has 0 saturated carbocycles. The van der Waals surface area contributed by atoms with Crippen LogP contribution in [0.25, 0.3) is 11.8 Å². The first-order valence-corrected chi connectivity index (χ1v) is 10.0. The first-order chi connectivity index (χ1) is 14.8. The van der Waals surface area contributed by atoms with Gasteiger partial charge in [0.05, 0.1) is 5.69 Å². The van der Waals surface area contributed by atoms with Gasteiger partial charge in [-0.25, -0.2) is 9.69 Å². The van der Waals surface area contributed by atoms with E-state index in [1.165, 1.54) is 5.56 Å². The second-order valence-corrected chi connectivity index (χ2v) is 7.74. The number of amides is 4. The Morgan fingerprint density at radius 3 is 2.23 bits per heavy atom. The van der Waals surface area contributed by atoms with Gasteiger partial charge in [-0.3, -0.25) is 14.9 Å². The van der Waals surface area contributed by atoms with Gasteiger partial charge >= 0.3 is 6.03 Å². The lowest BCUT2D eigenvalue weighted by atomic mass is 10.1. The molecule has 1 aliphatic heterocycles. The van der Waals surface area contributed by atoms with Crippen LogP contribution in [-0.2, 0) is 9.59 Å². The number of rotatable bonds is 3. The average Bonchev–Trinajstić information content (AvgIpc) is 3.00. The molecule has 1 N–H and O–H groups in total. The van der Waals surface area contributed by atoms with Gasteiger partial charge in [-0.2, -0.15) is 0 Å². The number of para-hydroxylation sites is 1. The van der Waals surface area contributed by atoms with E-state index in [2.05, 4.69) is 9.88 Å². The fraction of sp³-hybridized carbons (Fsp3) is 0.160. The summed E-state index contributed by atoms with van der Waals surface area (Å²) in [5.41, 5.74) is 5.92. The summed E-state index contributed by atoms with van der Waals surface area (Å²) in [5.74, 6) is -1.33. The molecular formula is C25H23N3O3. The second kappa shape index (κ2) is 7.72. The maximum Gasteiger partial charge on any atom is 0.335 e. The number of aryl methyl sites for hydroxylation is 3. The molecule has 1 saturated heterocycles. The minimum atomic E-state index is -0.744. The zero-order valence-electron chi connectivity index (χ0n) is 17.9. The van der Waals surface area contributed by atoms with Crippen molar-refractivity contribution in [2.24, 2.45) is 0 Å². The molecule has 3 aromatic rings. The van der Waals surface area contributed by atoms with Crippen molar-refractivity contribution >= 4 is 29.6 Å².